The van der Waals surface area contributed by atoms with Crippen LogP contribution in [0.15, 0.2) is 10.6 Å². The number of likely N-dealkylation sites (N-methyl/N-ethyl adjacent to an activating group) is 2. The Morgan fingerprint density at radius 1 is 1.57 bits per heavy atom. The molecular weight excluding hydrogens is 292 g/mol. The van der Waals surface area contributed by atoms with Gasteiger partial charge < -0.3 is 19.6 Å². The van der Waals surface area contributed by atoms with E-state index in [9.17, 15) is 4.79 Å². The Bertz CT molecular complexity index is 501. The Morgan fingerprint density at radius 2 is 2.35 bits per heavy atom. The molecule has 1 atom stereocenters. The van der Waals surface area contributed by atoms with Gasteiger partial charge >= 0.3 is 0 Å². The minimum absolute atomic E-state index is 0.0602. The molecule has 0 radical (unpaired) electrons. The zero-order valence-corrected chi connectivity index (χ0v) is 14.8. The number of aromatic nitrogens is 1. The molecule has 1 unspecified atom stereocenters. The lowest BCUT2D eigenvalue weighted by Crippen LogP contribution is -2.36. The molecule has 0 bridgehead atoms. The van der Waals surface area contributed by atoms with Crippen molar-refractivity contribution in [2.24, 2.45) is 5.92 Å². The molecule has 1 saturated heterocycles. The minimum Gasteiger partial charge on any atom is -0.359 e. The molecule has 6 heteroatoms. The van der Waals surface area contributed by atoms with Crippen molar-refractivity contribution in [3.8, 4) is 0 Å². The Labute approximate surface area is 139 Å². The predicted octanol–water partition coefficient (Wildman–Crippen LogP) is 1.52. The van der Waals surface area contributed by atoms with E-state index in [-0.39, 0.29) is 5.91 Å². The Balaban J connectivity index is 1.65. The number of nitrogens with one attached hydrogen (secondary N) is 1. The fourth-order valence-corrected chi connectivity index (χ4v) is 2.96. The zero-order valence-electron chi connectivity index (χ0n) is 14.8. The van der Waals surface area contributed by atoms with E-state index in [0.29, 0.717) is 24.9 Å². The largest absolute Gasteiger partial charge is 0.359 e. The summed E-state index contributed by atoms with van der Waals surface area (Å²) in [6, 6.07) is 2.50. The number of carbonyl (C=O) groups is 1. The minimum atomic E-state index is 0.0602. The normalized spacial score (nSPS) is 19.0. The van der Waals surface area contributed by atoms with Crippen LogP contribution in [0.3, 0.4) is 0 Å². The van der Waals surface area contributed by atoms with E-state index in [1.807, 2.05) is 6.07 Å². The summed E-state index contributed by atoms with van der Waals surface area (Å²) in [5.41, 5.74) is 0.953. The summed E-state index contributed by atoms with van der Waals surface area (Å²) in [6.45, 7) is 7.74. The number of hydrogen-bond donors (Lipinski definition) is 1. The van der Waals surface area contributed by atoms with Gasteiger partial charge in [-0.25, -0.2) is 0 Å². The lowest BCUT2D eigenvalue weighted by atomic mass is 10.1. The highest BCUT2D eigenvalue weighted by Crippen LogP contribution is 2.12. The van der Waals surface area contributed by atoms with Crippen LogP contribution in [0.5, 0.6) is 0 Å². The Kier molecular flexibility index (Phi) is 6.59. The van der Waals surface area contributed by atoms with Crippen LogP contribution in [-0.2, 0) is 17.8 Å². The van der Waals surface area contributed by atoms with Gasteiger partial charge in [0.15, 0.2) is 5.76 Å². The van der Waals surface area contributed by atoms with Crippen LogP contribution in [0.1, 0.15) is 38.1 Å². The first kappa shape index (κ1) is 17.9. The highest BCUT2D eigenvalue weighted by atomic mass is 16.5. The molecule has 2 rings (SSSR count). The van der Waals surface area contributed by atoms with Gasteiger partial charge in [0.25, 0.3) is 0 Å². The number of amides is 1. The third kappa shape index (κ3) is 5.95. The summed E-state index contributed by atoms with van der Waals surface area (Å²) in [6.07, 6.45) is 2.60. The van der Waals surface area contributed by atoms with E-state index < -0.39 is 0 Å². The van der Waals surface area contributed by atoms with Gasteiger partial charge in [0.05, 0.1) is 12.2 Å². The molecule has 130 valence electrons. The van der Waals surface area contributed by atoms with Gasteiger partial charge in [-0.05, 0) is 39.4 Å². The van der Waals surface area contributed by atoms with Gasteiger partial charge in [-0.15, -0.1) is 0 Å². The second kappa shape index (κ2) is 8.45. The van der Waals surface area contributed by atoms with E-state index in [4.69, 9.17) is 4.52 Å². The maximum atomic E-state index is 12.0. The van der Waals surface area contributed by atoms with Gasteiger partial charge in [0, 0.05) is 31.6 Å². The molecule has 2 heterocycles. The second-order valence-corrected chi connectivity index (χ2v) is 7.09. The molecule has 0 saturated carbocycles. The first-order chi connectivity index (χ1) is 10.9. The second-order valence-electron chi connectivity index (χ2n) is 7.09. The highest BCUT2D eigenvalue weighted by Gasteiger charge is 2.23. The Hall–Kier alpha value is -1.40. The van der Waals surface area contributed by atoms with Crippen molar-refractivity contribution in [1.29, 1.82) is 0 Å². The average Bonchev–Trinajstić information content (AvgIpc) is 3.11. The van der Waals surface area contributed by atoms with Crippen molar-refractivity contribution in [2.45, 2.75) is 45.7 Å². The summed E-state index contributed by atoms with van der Waals surface area (Å²) in [4.78, 5) is 16.6. The molecule has 23 heavy (non-hydrogen) atoms. The van der Waals surface area contributed by atoms with E-state index in [0.717, 1.165) is 37.5 Å². The third-order valence-electron chi connectivity index (χ3n) is 4.37. The molecule has 1 aromatic heterocycles. The van der Waals surface area contributed by atoms with Crippen molar-refractivity contribution in [3.05, 3.63) is 17.5 Å². The van der Waals surface area contributed by atoms with Crippen molar-refractivity contribution in [1.82, 2.24) is 20.3 Å². The smallest absolute Gasteiger partial charge is 0.221 e. The highest BCUT2D eigenvalue weighted by molar-refractivity contribution is 5.75. The summed E-state index contributed by atoms with van der Waals surface area (Å²) in [7, 11) is 4.25. The van der Waals surface area contributed by atoms with Crippen molar-refractivity contribution in [2.75, 3.05) is 33.7 Å². The first-order valence-electron chi connectivity index (χ1n) is 8.54. The van der Waals surface area contributed by atoms with Gasteiger partial charge in [-0.3, -0.25) is 4.79 Å². The van der Waals surface area contributed by atoms with Crippen LogP contribution in [-0.4, -0.2) is 60.6 Å². The van der Waals surface area contributed by atoms with Crippen LogP contribution < -0.4 is 5.32 Å². The van der Waals surface area contributed by atoms with Crippen LogP contribution in [0.2, 0.25) is 0 Å². The standard InChI is InChI=1S/C17H30N4O2/c1-13(2)9-14-10-16(23-19-14)11-18-17(22)6-8-21(4)15-5-7-20(3)12-15/h10,13,15H,5-9,11-12H2,1-4H3,(H,18,22). The molecule has 1 aliphatic rings. The van der Waals surface area contributed by atoms with E-state index >= 15 is 0 Å². The third-order valence-corrected chi connectivity index (χ3v) is 4.37. The molecule has 1 aromatic rings. The summed E-state index contributed by atoms with van der Waals surface area (Å²) in [5.74, 6) is 1.33. The van der Waals surface area contributed by atoms with Crippen LogP contribution in [0.25, 0.3) is 0 Å². The number of nitrogens with zero attached hydrogens (tertiary/aromatic N) is 3. The van der Waals surface area contributed by atoms with E-state index in [1.165, 1.54) is 6.42 Å². The van der Waals surface area contributed by atoms with Crippen molar-refractivity contribution < 1.29 is 9.32 Å². The predicted molar refractivity (Wildman–Crippen MR) is 90.0 cm³/mol. The lowest BCUT2D eigenvalue weighted by molar-refractivity contribution is -0.121. The van der Waals surface area contributed by atoms with Crippen LogP contribution in [0.4, 0.5) is 0 Å². The van der Waals surface area contributed by atoms with E-state index in [2.05, 4.69) is 48.2 Å². The fourth-order valence-electron chi connectivity index (χ4n) is 2.96. The van der Waals surface area contributed by atoms with Gasteiger partial charge in [0.1, 0.15) is 0 Å². The van der Waals surface area contributed by atoms with Gasteiger partial charge in [-0.2, -0.15) is 0 Å². The van der Waals surface area contributed by atoms with Gasteiger partial charge in [0.2, 0.25) is 5.91 Å². The topological polar surface area (TPSA) is 61.6 Å². The number of rotatable bonds is 8. The fraction of sp³-hybridized carbons (Fsp3) is 0.765. The molecule has 0 aromatic carbocycles. The lowest BCUT2D eigenvalue weighted by Gasteiger charge is -2.23. The quantitative estimate of drug-likeness (QED) is 0.786. The van der Waals surface area contributed by atoms with E-state index in [1.54, 1.807) is 0 Å². The maximum absolute atomic E-state index is 12.0. The summed E-state index contributed by atoms with van der Waals surface area (Å²) >= 11 is 0. The summed E-state index contributed by atoms with van der Waals surface area (Å²) in [5, 5.41) is 6.94. The zero-order chi connectivity index (χ0) is 16.8. The number of carbonyl (C=O) groups excluding carboxylic acids is 1. The maximum Gasteiger partial charge on any atom is 0.221 e. The molecular formula is C17H30N4O2. The molecule has 1 N–H and O–H groups in total. The molecule has 0 spiro atoms. The molecule has 1 amide bonds. The molecule has 0 aliphatic carbocycles. The monoisotopic (exact) mass is 322 g/mol. The van der Waals surface area contributed by atoms with Crippen LogP contribution in [0, 0.1) is 5.92 Å². The number of hydrogen-bond acceptors (Lipinski definition) is 5. The molecule has 1 fully saturated rings. The Morgan fingerprint density at radius 3 is 3.00 bits per heavy atom. The first-order valence-corrected chi connectivity index (χ1v) is 8.54. The average molecular weight is 322 g/mol. The van der Waals surface area contributed by atoms with Crippen molar-refractivity contribution >= 4 is 5.91 Å². The van der Waals surface area contributed by atoms with Crippen molar-refractivity contribution in [3.63, 3.8) is 0 Å². The summed E-state index contributed by atoms with van der Waals surface area (Å²) < 4.78 is 5.25. The SMILES string of the molecule is CC(C)Cc1cc(CNC(=O)CCN(C)C2CCN(C)C2)on1. The van der Waals surface area contributed by atoms with Gasteiger partial charge in [-0.1, -0.05) is 19.0 Å². The van der Waals surface area contributed by atoms with Crippen LogP contribution >= 0.6 is 0 Å². The molecule has 1 aliphatic heterocycles. The number of likely N-dealkylation sites (tertiary alicyclic amines) is 1. The molecule has 6 nitrogen and oxygen atoms in total.